The van der Waals surface area contributed by atoms with E-state index in [9.17, 15) is 5.11 Å². The maximum Gasteiger partial charge on any atom is 0.119 e. The van der Waals surface area contributed by atoms with Crippen LogP contribution in [0.1, 0.15) is 32.3 Å². The van der Waals surface area contributed by atoms with Crippen LogP contribution < -0.4 is 10.5 Å². The monoisotopic (exact) mass is 221 g/mol. The first-order chi connectivity index (χ1) is 7.49. The second kappa shape index (κ2) is 4.07. The molecule has 2 rings (SSSR count). The lowest BCUT2D eigenvalue weighted by molar-refractivity contribution is -0.0523. The first-order valence-corrected chi connectivity index (χ1v) is 5.75. The largest absolute Gasteiger partial charge is 0.491 e. The Balaban J connectivity index is 2.08. The molecule has 1 aliphatic carbocycles. The van der Waals surface area contributed by atoms with E-state index in [1.165, 1.54) is 0 Å². The molecule has 0 aromatic heterocycles. The predicted octanol–water partition coefficient (Wildman–Crippen LogP) is 1.78. The van der Waals surface area contributed by atoms with E-state index >= 15 is 0 Å². The van der Waals surface area contributed by atoms with Crippen LogP contribution in [-0.4, -0.2) is 17.3 Å². The molecular formula is C13H19NO2. The van der Waals surface area contributed by atoms with Crippen LogP contribution in [0.2, 0.25) is 0 Å². The van der Waals surface area contributed by atoms with Crippen molar-refractivity contribution in [2.45, 2.75) is 44.4 Å². The minimum Gasteiger partial charge on any atom is -0.491 e. The highest BCUT2D eigenvalue weighted by molar-refractivity contribution is 5.32. The SMILES string of the molecule is CC(C)Oc1ccc(C2(O)CC(N)C2)cc1. The van der Waals surface area contributed by atoms with Crippen LogP contribution in [-0.2, 0) is 5.60 Å². The van der Waals surface area contributed by atoms with Crippen molar-refractivity contribution in [3.63, 3.8) is 0 Å². The van der Waals surface area contributed by atoms with Gasteiger partial charge in [-0.25, -0.2) is 0 Å². The Hall–Kier alpha value is -1.06. The zero-order valence-corrected chi connectivity index (χ0v) is 9.81. The lowest BCUT2D eigenvalue weighted by Gasteiger charge is -2.42. The Morgan fingerprint density at radius 1 is 1.31 bits per heavy atom. The average Bonchev–Trinajstić information content (AvgIpc) is 2.15. The lowest BCUT2D eigenvalue weighted by Crippen LogP contribution is -2.49. The van der Waals surface area contributed by atoms with Gasteiger partial charge in [-0.3, -0.25) is 0 Å². The zero-order valence-electron chi connectivity index (χ0n) is 9.81. The molecule has 0 bridgehead atoms. The molecule has 0 unspecified atom stereocenters. The fourth-order valence-corrected chi connectivity index (χ4v) is 2.16. The van der Waals surface area contributed by atoms with E-state index in [-0.39, 0.29) is 12.1 Å². The second-order valence-corrected chi connectivity index (χ2v) is 4.89. The van der Waals surface area contributed by atoms with Crippen LogP contribution in [0.25, 0.3) is 0 Å². The van der Waals surface area contributed by atoms with E-state index in [0.717, 1.165) is 11.3 Å². The van der Waals surface area contributed by atoms with Crippen LogP contribution in [0.5, 0.6) is 5.75 Å². The van der Waals surface area contributed by atoms with Crippen molar-refractivity contribution in [2.24, 2.45) is 5.73 Å². The van der Waals surface area contributed by atoms with E-state index in [1.54, 1.807) is 0 Å². The van der Waals surface area contributed by atoms with Gasteiger partial charge in [-0.1, -0.05) is 12.1 Å². The van der Waals surface area contributed by atoms with Crippen LogP contribution in [0.4, 0.5) is 0 Å². The van der Waals surface area contributed by atoms with Crippen molar-refractivity contribution >= 4 is 0 Å². The first-order valence-electron chi connectivity index (χ1n) is 5.75. The summed E-state index contributed by atoms with van der Waals surface area (Å²) in [6, 6.07) is 7.78. The third-order valence-corrected chi connectivity index (χ3v) is 2.96. The van der Waals surface area contributed by atoms with Crippen LogP contribution in [0, 0.1) is 0 Å². The molecule has 0 aliphatic heterocycles. The number of aliphatic hydroxyl groups is 1. The summed E-state index contributed by atoms with van der Waals surface area (Å²) in [4.78, 5) is 0. The molecule has 0 atom stereocenters. The highest BCUT2D eigenvalue weighted by Crippen LogP contribution is 2.40. The second-order valence-electron chi connectivity index (χ2n) is 4.89. The average molecular weight is 221 g/mol. The van der Waals surface area contributed by atoms with Crippen molar-refractivity contribution in [2.75, 3.05) is 0 Å². The van der Waals surface area contributed by atoms with Gasteiger partial charge in [-0.2, -0.15) is 0 Å². The summed E-state index contributed by atoms with van der Waals surface area (Å²) >= 11 is 0. The van der Waals surface area contributed by atoms with Gasteiger partial charge >= 0.3 is 0 Å². The van der Waals surface area contributed by atoms with Gasteiger partial charge in [0, 0.05) is 6.04 Å². The molecule has 1 aliphatic rings. The summed E-state index contributed by atoms with van der Waals surface area (Å²) in [7, 11) is 0. The summed E-state index contributed by atoms with van der Waals surface area (Å²) < 4.78 is 5.55. The fourth-order valence-electron chi connectivity index (χ4n) is 2.16. The Morgan fingerprint density at radius 3 is 2.31 bits per heavy atom. The Morgan fingerprint density at radius 2 is 1.88 bits per heavy atom. The summed E-state index contributed by atoms with van der Waals surface area (Å²) in [5, 5.41) is 10.2. The van der Waals surface area contributed by atoms with Crippen molar-refractivity contribution in [1.29, 1.82) is 0 Å². The summed E-state index contributed by atoms with van der Waals surface area (Å²) in [5.41, 5.74) is 5.93. The van der Waals surface area contributed by atoms with E-state index in [4.69, 9.17) is 10.5 Å². The highest BCUT2D eigenvalue weighted by atomic mass is 16.5. The van der Waals surface area contributed by atoms with Gasteiger partial charge in [0.15, 0.2) is 0 Å². The third kappa shape index (κ3) is 2.20. The molecule has 1 aromatic rings. The van der Waals surface area contributed by atoms with Gasteiger partial charge in [0.05, 0.1) is 11.7 Å². The molecule has 0 heterocycles. The van der Waals surface area contributed by atoms with Crippen molar-refractivity contribution in [3.05, 3.63) is 29.8 Å². The first kappa shape index (κ1) is 11.4. The normalized spacial score (nSPS) is 28.9. The Labute approximate surface area is 96.2 Å². The molecule has 3 heteroatoms. The van der Waals surface area contributed by atoms with Crippen LogP contribution in [0.3, 0.4) is 0 Å². The number of rotatable bonds is 3. The van der Waals surface area contributed by atoms with Crippen molar-refractivity contribution in [1.82, 2.24) is 0 Å². The minimum absolute atomic E-state index is 0.136. The van der Waals surface area contributed by atoms with E-state index < -0.39 is 5.60 Å². The molecular weight excluding hydrogens is 202 g/mol. The maximum absolute atomic E-state index is 10.2. The van der Waals surface area contributed by atoms with Crippen LogP contribution >= 0.6 is 0 Å². The molecule has 3 N–H and O–H groups in total. The fraction of sp³-hybridized carbons (Fsp3) is 0.538. The molecule has 0 amide bonds. The molecule has 1 saturated carbocycles. The maximum atomic E-state index is 10.2. The number of hydrogen-bond acceptors (Lipinski definition) is 3. The highest BCUT2D eigenvalue weighted by Gasteiger charge is 2.41. The van der Waals surface area contributed by atoms with Gasteiger partial charge in [0.25, 0.3) is 0 Å². The minimum atomic E-state index is -0.713. The lowest BCUT2D eigenvalue weighted by atomic mass is 9.72. The summed E-state index contributed by atoms with van der Waals surface area (Å²) in [6.45, 7) is 3.98. The number of hydrogen-bond donors (Lipinski definition) is 2. The zero-order chi connectivity index (χ0) is 11.8. The molecule has 16 heavy (non-hydrogen) atoms. The topological polar surface area (TPSA) is 55.5 Å². The Bertz CT molecular complexity index is 353. The molecule has 1 fully saturated rings. The number of nitrogens with two attached hydrogens (primary N) is 1. The standard InChI is InChI=1S/C13H19NO2/c1-9(2)16-12-5-3-10(4-6-12)13(15)7-11(14)8-13/h3-6,9,11,15H,7-8,14H2,1-2H3. The number of ether oxygens (including phenoxy) is 1. The quantitative estimate of drug-likeness (QED) is 0.818. The molecule has 88 valence electrons. The predicted molar refractivity (Wildman–Crippen MR) is 63.3 cm³/mol. The molecule has 1 aromatic carbocycles. The van der Waals surface area contributed by atoms with Crippen LogP contribution in [0.15, 0.2) is 24.3 Å². The molecule has 3 nitrogen and oxygen atoms in total. The summed E-state index contributed by atoms with van der Waals surface area (Å²) in [6.07, 6.45) is 1.47. The van der Waals surface area contributed by atoms with E-state index in [1.807, 2.05) is 38.1 Å². The molecule has 0 radical (unpaired) electrons. The summed E-state index contributed by atoms with van der Waals surface area (Å²) in [5.74, 6) is 0.839. The third-order valence-electron chi connectivity index (χ3n) is 2.96. The number of benzene rings is 1. The van der Waals surface area contributed by atoms with Gasteiger partial charge < -0.3 is 15.6 Å². The van der Waals surface area contributed by atoms with Gasteiger partial charge in [-0.05, 0) is 44.4 Å². The van der Waals surface area contributed by atoms with E-state index in [2.05, 4.69) is 0 Å². The van der Waals surface area contributed by atoms with Gasteiger partial charge in [0.1, 0.15) is 5.75 Å². The van der Waals surface area contributed by atoms with Crippen molar-refractivity contribution < 1.29 is 9.84 Å². The molecule has 0 saturated heterocycles. The van der Waals surface area contributed by atoms with E-state index in [0.29, 0.717) is 12.8 Å². The smallest absolute Gasteiger partial charge is 0.119 e. The van der Waals surface area contributed by atoms with Gasteiger partial charge in [0.2, 0.25) is 0 Å². The molecule has 0 spiro atoms. The Kier molecular flexibility index (Phi) is 2.91. The van der Waals surface area contributed by atoms with Crippen molar-refractivity contribution in [3.8, 4) is 5.75 Å². The van der Waals surface area contributed by atoms with Gasteiger partial charge in [-0.15, -0.1) is 0 Å².